The van der Waals surface area contributed by atoms with E-state index in [1.807, 2.05) is 0 Å². The Balaban J connectivity index is 1.39. The number of carbonyl (C=O) groups excluding carboxylic acids is 6. The number of hydrogen-bond acceptors (Lipinski definition) is 8. The number of carbonyl (C=O) groups is 6. The predicted octanol–water partition coefficient (Wildman–Crippen LogP) is -1.18. The van der Waals surface area contributed by atoms with Crippen LogP contribution in [0.2, 0.25) is 0 Å². The minimum Gasteiger partial charge on any atom is -0.377 e. The van der Waals surface area contributed by atoms with E-state index in [1.54, 1.807) is 13.8 Å². The smallest absolute Gasteiger partial charge is 0.232 e. The molecule has 2 aliphatic rings. The largest absolute Gasteiger partial charge is 0.377 e. The third-order valence-corrected chi connectivity index (χ3v) is 5.57. The highest BCUT2D eigenvalue weighted by atomic mass is 16.5. The molecule has 0 aromatic rings. The van der Waals surface area contributed by atoms with Crippen molar-refractivity contribution in [2.75, 3.05) is 52.6 Å². The van der Waals surface area contributed by atoms with Gasteiger partial charge in [0.2, 0.25) is 35.4 Å². The average Bonchev–Trinajstić information content (AvgIpc) is 3.18. The van der Waals surface area contributed by atoms with Gasteiger partial charge in [-0.15, -0.1) is 0 Å². The van der Waals surface area contributed by atoms with E-state index in [4.69, 9.17) is 9.47 Å². The molecule has 2 saturated heterocycles. The van der Waals surface area contributed by atoms with Crippen molar-refractivity contribution >= 4 is 35.4 Å². The molecule has 2 heterocycles. The maximum atomic E-state index is 11.8. The minimum atomic E-state index is -0.315. The summed E-state index contributed by atoms with van der Waals surface area (Å²) in [5.74, 6) is -2.09. The third-order valence-electron chi connectivity index (χ3n) is 5.57. The van der Waals surface area contributed by atoms with Gasteiger partial charge in [0.15, 0.2) is 0 Å². The lowest BCUT2D eigenvalue weighted by atomic mass is 10.1. The molecule has 2 atom stereocenters. The summed E-state index contributed by atoms with van der Waals surface area (Å²) in [6.45, 7) is 5.38. The monoisotopic (exact) mass is 482 g/mol. The van der Waals surface area contributed by atoms with Crippen LogP contribution < -0.4 is 10.6 Å². The summed E-state index contributed by atoms with van der Waals surface area (Å²) in [5.41, 5.74) is 0. The molecule has 12 nitrogen and oxygen atoms in total. The number of imide groups is 2. The van der Waals surface area contributed by atoms with Crippen LogP contribution in [0.25, 0.3) is 0 Å². The van der Waals surface area contributed by atoms with Gasteiger partial charge in [-0.2, -0.15) is 0 Å². The van der Waals surface area contributed by atoms with E-state index >= 15 is 0 Å². The van der Waals surface area contributed by atoms with Crippen molar-refractivity contribution in [1.82, 2.24) is 20.4 Å². The number of amides is 6. The predicted molar refractivity (Wildman–Crippen MR) is 118 cm³/mol. The molecule has 190 valence electrons. The van der Waals surface area contributed by atoms with E-state index in [0.717, 1.165) is 9.80 Å². The second-order valence-electron chi connectivity index (χ2n) is 8.40. The normalized spacial score (nSPS) is 20.4. The van der Waals surface area contributed by atoms with Crippen molar-refractivity contribution in [3.63, 3.8) is 0 Å². The van der Waals surface area contributed by atoms with Crippen molar-refractivity contribution < 1.29 is 38.2 Å². The van der Waals surface area contributed by atoms with E-state index in [1.165, 1.54) is 0 Å². The molecule has 0 aromatic heterocycles. The van der Waals surface area contributed by atoms with E-state index in [2.05, 4.69) is 10.6 Å². The molecule has 2 aliphatic heterocycles. The Hall–Kier alpha value is -2.86. The van der Waals surface area contributed by atoms with Gasteiger partial charge >= 0.3 is 0 Å². The Morgan fingerprint density at radius 2 is 1.12 bits per heavy atom. The fourth-order valence-electron chi connectivity index (χ4n) is 3.62. The maximum absolute atomic E-state index is 11.8. The Labute approximate surface area is 198 Å². The van der Waals surface area contributed by atoms with Crippen LogP contribution in [0, 0.1) is 11.8 Å². The minimum absolute atomic E-state index is 0.0583. The fraction of sp³-hybridized carbons (Fsp3) is 0.727. The average molecular weight is 483 g/mol. The third kappa shape index (κ3) is 8.49. The number of hydrogen-bond donors (Lipinski definition) is 2. The first-order chi connectivity index (χ1) is 16.2. The van der Waals surface area contributed by atoms with Crippen LogP contribution in [-0.4, -0.2) is 97.8 Å². The number of nitrogens with one attached hydrogen (secondary N) is 2. The summed E-state index contributed by atoms with van der Waals surface area (Å²) in [7, 11) is 0. The highest BCUT2D eigenvalue weighted by Gasteiger charge is 2.36. The number of rotatable bonds is 15. The lowest BCUT2D eigenvalue weighted by molar-refractivity contribution is -0.141. The van der Waals surface area contributed by atoms with Crippen LogP contribution in [0.4, 0.5) is 0 Å². The number of nitrogens with zero attached hydrogens (tertiary/aromatic N) is 2. The Bertz CT molecular complexity index is 723. The molecular formula is C22H34N4O8. The quantitative estimate of drug-likeness (QED) is 0.219. The first-order valence-corrected chi connectivity index (χ1v) is 11.6. The second kappa shape index (κ2) is 13.8. The first-order valence-electron chi connectivity index (χ1n) is 11.6. The summed E-state index contributed by atoms with van der Waals surface area (Å²) in [4.78, 5) is 72.8. The zero-order valence-electron chi connectivity index (χ0n) is 19.8. The zero-order valence-corrected chi connectivity index (χ0v) is 19.8. The van der Waals surface area contributed by atoms with Crippen LogP contribution >= 0.6 is 0 Å². The molecule has 0 saturated carbocycles. The van der Waals surface area contributed by atoms with Crippen molar-refractivity contribution in [3.8, 4) is 0 Å². The molecule has 12 heteroatoms. The van der Waals surface area contributed by atoms with Crippen LogP contribution in [0.15, 0.2) is 0 Å². The van der Waals surface area contributed by atoms with E-state index in [9.17, 15) is 28.8 Å². The Morgan fingerprint density at radius 1 is 0.735 bits per heavy atom. The molecule has 2 N–H and O–H groups in total. The Kier molecular flexibility index (Phi) is 11.1. The van der Waals surface area contributed by atoms with E-state index in [0.29, 0.717) is 26.3 Å². The van der Waals surface area contributed by atoms with Crippen molar-refractivity contribution in [3.05, 3.63) is 0 Å². The topological polar surface area (TPSA) is 151 Å². The molecule has 0 spiro atoms. The molecule has 0 bridgehead atoms. The highest BCUT2D eigenvalue weighted by molar-refractivity contribution is 6.04. The SMILES string of the molecule is CC1CC(=O)N(CCC(=O)NCCOCCOCCNC(=O)CCN2C(=O)CC(C)C2=O)C1=O. The van der Waals surface area contributed by atoms with Crippen molar-refractivity contribution in [1.29, 1.82) is 0 Å². The van der Waals surface area contributed by atoms with Crippen LogP contribution in [0.3, 0.4) is 0 Å². The maximum Gasteiger partial charge on any atom is 0.232 e. The standard InChI is InChI=1S/C22H34N4O8/c1-15-13-19(29)25(21(15)31)7-3-17(27)23-5-9-33-11-12-34-10-6-24-18(28)4-8-26-20(30)14-16(2)22(26)32/h15-16H,3-14H2,1-2H3,(H,23,27)(H,24,28). The van der Waals surface area contributed by atoms with Crippen molar-refractivity contribution in [2.24, 2.45) is 11.8 Å². The van der Waals surface area contributed by atoms with Gasteiger partial charge in [-0.1, -0.05) is 13.8 Å². The molecule has 0 aromatic carbocycles. The van der Waals surface area contributed by atoms with Gasteiger partial charge in [0, 0.05) is 63.7 Å². The molecule has 6 amide bonds. The lowest BCUT2D eigenvalue weighted by Crippen LogP contribution is -2.36. The molecule has 2 fully saturated rings. The molecule has 2 rings (SSSR count). The van der Waals surface area contributed by atoms with Crippen LogP contribution in [0.1, 0.15) is 39.5 Å². The van der Waals surface area contributed by atoms with Gasteiger partial charge in [0.1, 0.15) is 0 Å². The van der Waals surface area contributed by atoms with Crippen LogP contribution in [-0.2, 0) is 38.2 Å². The van der Waals surface area contributed by atoms with Gasteiger partial charge in [-0.05, 0) is 0 Å². The highest BCUT2D eigenvalue weighted by Crippen LogP contribution is 2.19. The van der Waals surface area contributed by atoms with Crippen molar-refractivity contribution in [2.45, 2.75) is 39.5 Å². The van der Waals surface area contributed by atoms with Gasteiger partial charge in [0.05, 0.1) is 26.4 Å². The van der Waals surface area contributed by atoms with Gasteiger partial charge in [-0.3, -0.25) is 38.6 Å². The molecular weight excluding hydrogens is 448 g/mol. The van der Waals surface area contributed by atoms with E-state index < -0.39 is 0 Å². The number of likely N-dealkylation sites (tertiary alicyclic amines) is 2. The molecule has 0 radical (unpaired) electrons. The molecule has 2 unspecified atom stereocenters. The number of ether oxygens (including phenoxy) is 2. The fourth-order valence-corrected chi connectivity index (χ4v) is 3.62. The summed E-state index contributed by atoms with van der Waals surface area (Å²) in [6, 6.07) is 0. The van der Waals surface area contributed by atoms with Gasteiger partial charge in [-0.25, -0.2) is 0 Å². The van der Waals surface area contributed by atoms with Gasteiger partial charge in [0.25, 0.3) is 0 Å². The van der Waals surface area contributed by atoms with Gasteiger partial charge < -0.3 is 20.1 Å². The summed E-state index contributed by atoms with van der Waals surface area (Å²) in [6.07, 6.45) is 0.516. The van der Waals surface area contributed by atoms with E-state index in [-0.39, 0.29) is 99.3 Å². The van der Waals surface area contributed by atoms with Crippen LogP contribution in [0.5, 0.6) is 0 Å². The summed E-state index contributed by atoms with van der Waals surface area (Å²) >= 11 is 0. The molecule has 0 aliphatic carbocycles. The summed E-state index contributed by atoms with van der Waals surface area (Å²) in [5, 5.41) is 5.33. The molecule has 34 heavy (non-hydrogen) atoms. The second-order valence-corrected chi connectivity index (χ2v) is 8.40. The Morgan fingerprint density at radius 3 is 1.44 bits per heavy atom. The lowest BCUT2D eigenvalue weighted by Gasteiger charge is -2.14. The zero-order chi connectivity index (χ0) is 25.1. The first kappa shape index (κ1) is 27.4. The summed E-state index contributed by atoms with van der Waals surface area (Å²) < 4.78 is 10.7.